The summed E-state index contributed by atoms with van der Waals surface area (Å²) in [5.74, 6) is -0.581. The van der Waals surface area contributed by atoms with Gasteiger partial charge in [0.05, 0.1) is 16.4 Å². The number of hydrogen-bond donors (Lipinski definition) is 2. The number of halogens is 2. The number of para-hydroxylation sites is 1. The number of amides is 1. The van der Waals surface area contributed by atoms with Crippen LogP contribution in [0, 0.1) is 16.2 Å². The highest BCUT2D eigenvalue weighted by atomic mass is 35.5. The van der Waals surface area contributed by atoms with E-state index in [1.807, 2.05) is 51.1 Å². The summed E-state index contributed by atoms with van der Waals surface area (Å²) in [7, 11) is 0. The van der Waals surface area contributed by atoms with Crippen LogP contribution in [0.1, 0.15) is 33.6 Å². The van der Waals surface area contributed by atoms with E-state index in [0.717, 1.165) is 5.69 Å². The number of Topliss-reactive ketones (excluding diaryl/α,β-unsaturated/α-hetero) is 1. The number of carbonyl (C=O) groups is 2. The first-order valence-electron chi connectivity index (χ1n) is 9.84. The van der Waals surface area contributed by atoms with Crippen LogP contribution in [0.3, 0.4) is 0 Å². The summed E-state index contributed by atoms with van der Waals surface area (Å²) in [6.45, 7) is 5.98. The zero-order valence-electron chi connectivity index (χ0n) is 17.1. The summed E-state index contributed by atoms with van der Waals surface area (Å²) in [6.07, 6.45) is 1.17. The molecule has 30 heavy (non-hydrogen) atoms. The fraction of sp³-hybridized carbons (Fsp3) is 0.348. The molecule has 0 saturated heterocycles. The van der Waals surface area contributed by atoms with Gasteiger partial charge in [-0.3, -0.25) is 15.0 Å². The Bertz CT molecular complexity index is 1070. The first kappa shape index (κ1) is 20.9. The minimum atomic E-state index is -1.21. The van der Waals surface area contributed by atoms with E-state index in [0.29, 0.717) is 34.3 Å². The third kappa shape index (κ3) is 2.79. The van der Waals surface area contributed by atoms with E-state index in [-0.39, 0.29) is 11.7 Å². The van der Waals surface area contributed by atoms with Crippen LogP contribution in [0.5, 0.6) is 0 Å². The number of ketones is 1. The first-order chi connectivity index (χ1) is 14.1. The van der Waals surface area contributed by atoms with Crippen molar-refractivity contribution in [2.45, 2.75) is 33.6 Å². The third-order valence-corrected chi connectivity index (χ3v) is 7.76. The Labute approximate surface area is 185 Å². The highest BCUT2D eigenvalue weighted by Gasteiger charge is 2.76. The van der Waals surface area contributed by atoms with Crippen LogP contribution >= 0.6 is 23.2 Å². The molecule has 0 heterocycles. The number of benzene rings is 2. The number of fused-ring (bicyclic) bond motifs is 2. The number of nitrogens with one attached hydrogen (secondary N) is 2. The first-order valence-corrected chi connectivity index (χ1v) is 10.6. The van der Waals surface area contributed by atoms with Crippen LogP contribution in [-0.2, 0) is 9.59 Å². The lowest BCUT2D eigenvalue weighted by atomic mass is 9.64. The average Bonchev–Trinajstić information content (AvgIpc) is 2.98. The zero-order chi connectivity index (χ0) is 21.7. The van der Waals surface area contributed by atoms with Crippen molar-refractivity contribution in [3.63, 3.8) is 0 Å². The number of hydrazone groups is 1. The van der Waals surface area contributed by atoms with Crippen molar-refractivity contribution in [3.05, 3.63) is 58.6 Å². The van der Waals surface area contributed by atoms with Crippen molar-refractivity contribution in [1.29, 1.82) is 0 Å². The summed E-state index contributed by atoms with van der Waals surface area (Å²) >= 11 is 12.2. The van der Waals surface area contributed by atoms with Gasteiger partial charge in [-0.15, -0.1) is 0 Å². The quantitative estimate of drug-likeness (QED) is 0.463. The van der Waals surface area contributed by atoms with Crippen molar-refractivity contribution in [2.24, 2.45) is 21.3 Å². The van der Waals surface area contributed by atoms with Crippen molar-refractivity contribution in [2.75, 3.05) is 10.7 Å². The lowest BCUT2D eigenvalue weighted by Gasteiger charge is -2.37. The van der Waals surface area contributed by atoms with Gasteiger partial charge < -0.3 is 5.32 Å². The molecule has 5 nitrogen and oxygen atoms in total. The Kier molecular flexibility index (Phi) is 4.94. The minimum Gasteiger partial charge on any atom is -0.324 e. The Balaban J connectivity index is 1.70. The SMILES string of the molecule is CC12CCC(C(=O)Nc3ccc(Cl)cc3Cl)(C(=O)C1=NNc1ccccc1)C2(C)C. The van der Waals surface area contributed by atoms with Crippen molar-refractivity contribution in [3.8, 4) is 0 Å². The second-order valence-corrected chi connectivity index (χ2v) is 9.55. The van der Waals surface area contributed by atoms with Crippen LogP contribution in [0.25, 0.3) is 0 Å². The maximum atomic E-state index is 13.6. The van der Waals surface area contributed by atoms with Crippen LogP contribution < -0.4 is 10.7 Å². The summed E-state index contributed by atoms with van der Waals surface area (Å²) in [6, 6.07) is 14.3. The highest BCUT2D eigenvalue weighted by Crippen LogP contribution is 2.69. The Hall–Kier alpha value is -2.37. The van der Waals surface area contributed by atoms with E-state index in [2.05, 4.69) is 15.8 Å². The molecule has 2 bridgehead atoms. The smallest absolute Gasteiger partial charge is 0.239 e. The van der Waals surface area contributed by atoms with Gasteiger partial charge in [0.2, 0.25) is 5.91 Å². The Morgan fingerprint density at radius 3 is 2.40 bits per heavy atom. The summed E-state index contributed by atoms with van der Waals surface area (Å²) < 4.78 is 0. The van der Waals surface area contributed by atoms with Gasteiger partial charge in [0.25, 0.3) is 0 Å². The highest BCUT2D eigenvalue weighted by molar-refractivity contribution is 6.51. The molecule has 2 aliphatic rings. The van der Waals surface area contributed by atoms with E-state index in [4.69, 9.17) is 23.2 Å². The lowest BCUT2D eigenvalue weighted by Crippen LogP contribution is -2.47. The second kappa shape index (κ2) is 7.10. The summed E-state index contributed by atoms with van der Waals surface area (Å²) in [5, 5.41) is 8.16. The van der Waals surface area contributed by atoms with Crippen LogP contribution in [0.4, 0.5) is 11.4 Å². The Morgan fingerprint density at radius 1 is 1.03 bits per heavy atom. The van der Waals surface area contributed by atoms with Gasteiger partial charge in [-0.25, -0.2) is 0 Å². The molecule has 0 aliphatic heterocycles. The third-order valence-electron chi connectivity index (χ3n) is 7.21. The predicted octanol–water partition coefficient (Wildman–Crippen LogP) is 5.80. The fourth-order valence-corrected chi connectivity index (χ4v) is 5.38. The molecule has 1 amide bonds. The van der Waals surface area contributed by atoms with Crippen molar-refractivity contribution >= 4 is 52.0 Å². The minimum absolute atomic E-state index is 0.229. The molecule has 2 unspecified atom stereocenters. The molecule has 2 aliphatic carbocycles. The van der Waals surface area contributed by atoms with Gasteiger partial charge in [0.1, 0.15) is 11.1 Å². The zero-order valence-corrected chi connectivity index (χ0v) is 18.6. The van der Waals surface area contributed by atoms with Crippen LogP contribution in [0.15, 0.2) is 53.6 Å². The molecule has 2 aromatic carbocycles. The summed E-state index contributed by atoms with van der Waals surface area (Å²) in [5.41, 5.74) is 2.28. The van der Waals surface area contributed by atoms with Gasteiger partial charge in [0, 0.05) is 10.4 Å². The molecule has 2 atom stereocenters. The molecule has 2 aromatic rings. The Morgan fingerprint density at radius 2 is 1.73 bits per heavy atom. The van der Waals surface area contributed by atoms with Crippen LogP contribution in [-0.4, -0.2) is 17.4 Å². The molecular formula is C23H23Cl2N3O2. The normalized spacial score (nSPS) is 28.0. The number of anilines is 2. The molecule has 7 heteroatoms. The molecule has 2 fully saturated rings. The van der Waals surface area contributed by atoms with Crippen LogP contribution in [0.2, 0.25) is 10.0 Å². The van der Waals surface area contributed by atoms with Gasteiger partial charge in [0.15, 0.2) is 5.78 Å². The second-order valence-electron chi connectivity index (χ2n) is 8.71. The van der Waals surface area contributed by atoms with E-state index < -0.39 is 16.2 Å². The summed E-state index contributed by atoms with van der Waals surface area (Å²) in [4.78, 5) is 27.1. The van der Waals surface area contributed by atoms with Crippen molar-refractivity contribution < 1.29 is 9.59 Å². The van der Waals surface area contributed by atoms with Gasteiger partial charge in [-0.1, -0.05) is 62.2 Å². The molecular weight excluding hydrogens is 421 g/mol. The molecule has 4 rings (SSSR count). The van der Waals surface area contributed by atoms with Gasteiger partial charge in [-0.2, -0.15) is 5.10 Å². The fourth-order valence-electron chi connectivity index (χ4n) is 4.93. The number of nitrogens with zero attached hydrogens (tertiary/aromatic N) is 1. The van der Waals surface area contributed by atoms with E-state index in [9.17, 15) is 9.59 Å². The number of rotatable bonds is 4. The van der Waals surface area contributed by atoms with Gasteiger partial charge in [-0.05, 0) is 48.6 Å². The number of carbonyl (C=O) groups excluding carboxylic acids is 2. The van der Waals surface area contributed by atoms with E-state index >= 15 is 0 Å². The molecule has 0 aromatic heterocycles. The predicted molar refractivity (Wildman–Crippen MR) is 121 cm³/mol. The molecule has 0 spiro atoms. The monoisotopic (exact) mass is 443 g/mol. The van der Waals surface area contributed by atoms with E-state index in [1.165, 1.54) is 0 Å². The average molecular weight is 444 g/mol. The van der Waals surface area contributed by atoms with Gasteiger partial charge >= 0.3 is 0 Å². The number of hydrogen-bond acceptors (Lipinski definition) is 4. The largest absolute Gasteiger partial charge is 0.324 e. The lowest BCUT2D eigenvalue weighted by molar-refractivity contribution is -0.139. The molecule has 156 valence electrons. The standard InChI is InChI=1S/C23H23Cl2N3O2/c1-21(2)22(3)11-12-23(21,20(30)26-17-10-9-14(24)13-16(17)25)19(29)18(22)28-27-15-7-5-4-6-8-15/h4-10,13,27H,11-12H2,1-3H3,(H,26,30). The molecule has 2 N–H and O–H groups in total. The maximum Gasteiger partial charge on any atom is 0.239 e. The maximum absolute atomic E-state index is 13.6. The van der Waals surface area contributed by atoms with Crippen molar-refractivity contribution in [1.82, 2.24) is 0 Å². The molecule has 2 saturated carbocycles. The van der Waals surface area contributed by atoms with E-state index in [1.54, 1.807) is 18.2 Å². The topological polar surface area (TPSA) is 70.6 Å². The molecule has 0 radical (unpaired) electrons.